The first-order valence-corrected chi connectivity index (χ1v) is 8.17. The molecule has 4 heteroatoms. The molecule has 1 heterocycles. The van der Waals surface area contributed by atoms with Crippen LogP contribution < -0.4 is 5.32 Å². The second-order valence-corrected chi connectivity index (χ2v) is 6.76. The highest BCUT2D eigenvalue weighted by Gasteiger charge is 2.31. The molecule has 1 N–H and O–H groups in total. The number of hydrogen-bond donors (Lipinski definition) is 1. The Balaban J connectivity index is 1.87. The number of ether oxygens (including phenoxy) is 1. The van der Waals surface area contributed by atoms with Crippen LogP contribution >= 0.6 is 0 Å². The Bertz CT molecular complexity index is 324. The van der Waals surface area contributed by atoms with E-state index in [1.165, 1.54) is 19.3 Å². The molecular weight excluding hydrogens is 252 g/mol. The molecule has 2 fully saturated rings. The van der Waals surface area contributed by atoms with Gasteiger partial charge < -0.3 is 10.1 Å². The van der Waals surface area contributed by atoms with Crippen LogP contribution in [-0.2, 0) is 9.53 Å². The summed E-state index contributed by atoms with van der Waals surface area (Å²) < 4.78 is 5.74. The number of carbonyl (C=O) groups excluding carboxylic acids is 1. The second-order valence-electron chi connectivity index (χ2n) is 6.76. The Morgan fingerprint density at radius 2 is 1.75 bits per heavy atom. The second kappa shape index (κ2) is 6.90. The quantitative estimate of drug-likeness (QED) is 0.862. The van der Waals surface area contributed by atoms with E-state index in [1.807, 2.05) is 6.92 Å². The molecule has 0 spiro atoms. The Hall–Kier alpha value is -0.610. The summed E-state index contributed by atoms with van der Waals surface area (Å²) in [7, 11) is 0. The molecule has 1 saturated heterocycles. The van der Waals surface area contributed by atoms with Gasteiger partial charge in [0, 0.05) is 19.1 Å². The van der Waals surface area contributed by atoms with E-state index in [4.69, 9.17) is 4.74 Å². The van der Waals surface area contributed by atoms with Crippen LogP contribution in [0.3, 0.4) is 0 Å². The van der Waals surface area contributed by atoms with Gasteiger partial charge in [0.1, 0.15) is 0 Å². The SMILES string of the molecule is C[C@@H]1CN([C@H](C)C(=O)N[C@H]2CCCC[C@H]2C)C[C@H](C)O1. The summed E-state index contributed by atoms with van der Waals surface area (Å²) in [5.41, 5.74) is 0. The van der Waals surface area contributed by atoms with Crippen LogP contribution in [0.15, 0.2) is 0 Å². The van der Waals surface area contributed by atoms with Gasteiger partial charge in [0.2, 0.25) is 5.91 Å². The van der Waals surface area contributed by atoms with E-state index in [1.54, 1.807) is 0 Å². The van der Waals surface area contributed by atoms with Crippen molar-refractivity contribution in [1.29, 1.82) is 0 Å². The third-order valence-corrected chi connectivity index (χ3v) is 4.81. The van der Waals surface area contributed by atoms with Crippen molar-refractivity contribution in [1.82, 2.24) is 10.2 Å². The third kappa shape index (κ3) is 3.95. The zero-order valence-electron chi connectivity index (χ0n) is 13.4. The van der Waals surface area contributed by atoms with E-state index in [-0.39, 0.29) is 24.2 Å². The van der Waals surface area contributed by atoms with Gasteiger partial charge in [-0.05, 0) is 39.5 Å². The fourth-order valence-electron chi connectivity index (χ4n) is 3.53. The Kier molecular flexibility index (Phi) is 5.44. The largest absolute Gasteiger partial charge is 0.373 e. The summed E-state index contributed by atoms with van der Waals surface area (Å²) in [4.78, 5) is 14.7. The van der Waals surface area contributed by atoms with Crippen LogP contribution in [0.25, 0.3) is 0 Å². The van der Waals surface area contributed by atoms with Crippen LogP contribution in [0.5, 0.6) is 0 Å². The highest BCUT2D eigenvalue weighted by Crippen LogP contribution is 2.24. The first-order chi connectivity index (χ1) is 9.47. The fraction of sp³-hybridized carbons (Fsp3) is 0.938. The number of nitrogens with one attached hydrogen (secondary N) is 1. The van der Waals surface area contributed by atoms with Crippen molar-refractivity contribution in [2.24, 2.45) is 5.92 Å². The van der Waals surface area contributed by atoms with E-state index in [9.17, 15) is 4.79 Å². The minimum atomic E-state index is -0.0575. The molecule has 1 aliphatic carbocycles. The molecular formula is C16H30N2O2. The molecule has 2 rings (SSSR count). The standard InChI is InChI=1S/C16H30N2O2/c1-11-7-5-6-8-15(11)17-16(19)14(4)18-9-12(2)20-13(3)10-18/h11-15H,5-10H2,1-4H3,(H,17,19)/t11-,12-,13+,14-,15+/m1/s1. The van der Waals surface area contributed by atoms with E-state index < -0.39 is 0 Å². The molecule has 20 heavy (non-hydrogen) atoms. The van der Waals surface area contributed by atoms with Crippen molar-refractivity contribution in [3.05, 3.63) is 0 Å². The predicted molar refractivity (Wildman–Crippen MR) is 80.6 cm³/mol. The monoisotopic (exact) mass is 282 g/mol. The number of carbonyl (C=O) groups is 1. The lowest BCUT2D eigenvalue weighted by Gasteiger charge is -2.39. The van der Waals surface area contributed by atoms with Crippen LogP contribution in [0.1, 0.15) is 53.4 Å². The molecule has 116 valence electrons. The highest BCUT2D eigenvalue weighted by molar-refractivity contribution is 5.81. The first kappa shape index (κ1) is 15.8. The molecule has 0 aromatic heterocycles. The van der Waals surface area contributed by atoms with Crippen molar-refractivity contribution >= 4 is 5.91 Å². The van der Waals surface area contributed by atoms with Crippen molar-refractivity contribution < 1.29 is 9.53 Å². The normalized spacial score (nSPS) is 37.4. The maximum absolute atomic E-state index is 12.5. The molecule has 2 aliphatic rings. The van der Waals surface area contributed by atoms with Gasteiger partial charge in [-0.1, -0.05) is 19.8 Å². The molecule has 1 saturated carbocycles. The zero-order chi connectivity index (χ0) is 14.7. The molecule has 1 amide bonds. The lowest BCUT2D eigenvalue weighted by atomic mass is 9.86. The molecule has 5 atom stereocenters. The van der Waals surface area contributed by atoms with E-state index >= 15 is 0 Å². The van der Waals surface area contributed by atoms with Crippen molar-refractivity contribution in [2.75, 3.05) is 13.1 Å². The van der Waals surface area contributed by atoms with Crippen LogP contribution in [0.2, 0.25) is 0 Å². The summed E-state index contributed by atoms with van der Waals surface area (Å²) in [5.74, 6) is 0.799. The minimum absolute atomic E-state index is 0.0575. The van der Waals surface area contributed by atoms with Crippen LogP contribution in [0, 0.1) is 5.92 Å². The van der Waals surface area contributed by atoms with Gasteiger partial charge in [-0.25, -0.2) is 0 Å². The maximum Gasteiger partial charge on any atom is 0.237 e. The molecule has 0 radical (unpaired) electrons. The van der Waals surface area contributed by atoms with Crippen LogP contribution in [0.4, 0.5) is 0 Å². The van der Waals surface area contributed by atoms with Crippen molar-refractivity contribution in [3.63, 3.8) is 0 Å². The van der Waals surface area contributed by atoms with Gasteiger partial charge in [0.05, 0.1) is 18.2 Å². The van der Waals surface area contributed by atoms with Crippen molar-refractivity contribution in [3.8, 4) is 0 Å². The van der Waals surface area contributed by atoms with Gasteiger partial charge in [-0.3, -0.25) is 9.69 Å². The fourth-order valence-corrected chi connectivity index (χ4v) is 3.53. The zero-order valence-corrected chi connectivity index (χ0v) is 13.4. The molecule has 0 unspecified atom stereocenters. The predicted octanol–water partition coefficient (Wildman–Crippen LogP) is 2.18. The summed E-state index contributed by atoms with van der Waals surface area (Å²) in [6, 6.07) is 0.313. The first-order valence-electron chi connectivity index (χ1n) is 8.17. The number of amides is 1. The number of hydrogen-bond acceptors (Lipinski definition) is 3. The number of rotatable bonds is 3. The number of morpholine rings is 1. The molecule has 0 bridgehead atoms. The lowest BCUT2D eigenvalue weighted by Crippen LogP contribution is -2.55. The Morgan fingerprint density at radius 1 is 1.15 bits per heavy atom. The smallest absolute Gasteiger partial charge is 0.237 e. The maximum atomic E-state index is 12.5. The summed E-state index contributed by atoms with van der Waals surface area (Å²) in [5, 5.41) is 3.27. The topological polar surface area (TPSA) is 41.6 Å². The van der Waals surface area contributed by atoms with Gasteiger partial charge in [0.25, 0.3) is 0 Å². The summed E-state index contributed by atoms with van der Waals surface area (Å²) in [6.07, 6.45) is 5.35. The third-order valence-electron chi connectivity index (χ3n) is 4.81. The molecule has 1 aliphatic heterocycles. The molecule has 4 nitrogen and oxygen atoms in total. The Morgan fingerprint density at radius 3 is 2.35 bits per heavy atom. The number of nitrogens with zero attached hydrogens (tertiary/aromatic N) is 1. The lowest BCUT2D eigenvalue weighted by molar-refractivity contribution is -0.133. The molecule has 0 aromatic carbocycles. The van der Waals surface area contributed by atoms with E-state index in [2.05, 4.69) is 31.0 Å². The van der Waals surface area contributed by atoms with Gasteiger partial charge in [-0.2, -0.15) is 0 Å². The summed E-state index contributed by atoms with van der Waals surface area (Å²) >= 11 is 0. The van der Waals surface area contributed by atoms with Gasteiger partial charge in [0.15, 0.2) is 0 Å². The molecule has 0 aromatic rings. The van der Waals surface area contributed by atoms with Gasteiger partial charge in [-0.15, -0.1) is 0 Å². The van der Waals surface area contributed by atoms with E-state index in [0.29, 0.717) is 12.0 Å². The van der Waals surface area contributed by atoms with E-state index in [0.717, 1.165) is 19.5 Å². The minimum Gasteiger partial charge on any atom is -0.373 e. The van der Waals surface area contributed by atoms with Gasteiger partial charge >= 0.3 is 0 Å². The van der Waals surface area contributed by atoms with Crippen molar-refractivity contribution in [2.45, 2.75) is 77.7 Å². The highest BCUT2D eigenvalue weighted by atomic mass is 16.5. The summed E-state index contributed by atoms with van der Waals surface area (Å²) in [6.45, 7) is 10.1. The average Bonchev–Trinajstić information content (AvgIpc) is 2.39. The Labute approximate surface area is 123 Å². The van der Waals surface area contributed by atoms with Crippen LogP contribution in [-0.4, -0.2) is 48.2 Å². The average molecular weight is 282 g/mol.